The summed E-state index contributed by atoms with van der Waals surface area (Å²) >= 11 is 0. The van der Waals surface area contributed by atoms with Crippen molar-refractivity contribution in [1.29, 1.82) is 0 Å². The molecule has 3 fully saturated rings. The number of aliphatic hydroxyl groups excluding tert-OH is 1. The van der Waals surface area contributed by atoms with Crippen LogP contribution in [-0.2, 0) is 9.59 Å². The molecule has 0 aromatic carbocycles. The molecule has 2 aliphatic heterocycles. The molecule has 3 atom stereocenters. The molecule has 0 aromatic heterocycles. The lowest BCUT2D eigenvalue weighted by Gasteiger charge is -2.36. The second kappa shape index (κ2) is 5.12. The van der Waals surface area contributed by atoms with E-state index in [0.717, 1.165) is 45.1 Å². The number of hydrogen-bond donors (Lipinski definition) is 1. The minimum absolute atomic E-state index is 0.0917. The largest absolute Gasteiger partial charge is 0.393 e. The van der Waals surface area contributed by atoms with Gasteiger partial charge in [-0.3, -0.25) is 9.59 Å². The lowest BCUT2D eigenvalue weighted by Crippen LogP contribution is -2.57. The van der Waals surface area contributed by atoms with Crippen LogP contribution in [0.2, 0.25) is 0 Å². The summed E-state index contributed by atoms with van der Waals surface area (Å²) in [6.07, 6.45) is 5.38. The molecule has 5 heteroatoms. The molecule has 0 bridgehead atoms. The summed E-state index contributed by atoms with van der Waals surface area (Å²) in [4.78, 5) is 27.7. The first-order chi connectivity index (χ1) is 9.16. The molecular weight excluding hydrogens is 244 g/mol. The zero-order valence-electron chi connectivity index (χ0n) is 11.3. The summed E-state index contributed by atoms with van der Waals surface area (Å²) < 4.78 is 0. The number of amides is 2. The van der Waals surface area contributed by atoms with Gasteiger partial charge in [-0.2, -0.15) is 0 Å². The molecule has 2 saturated heterocycles. The van der Waals surface area contributed by atoms with Crippen molar-refractivity contribution in [3.05, 3.63) is 0 Å². The molecule has 3 unspecified atom stereocenters. The van der Waals surface area contributed by atoms with E-state index < -0.39 is 0 Å². The monoisotopic (exact) mass is 266 g/mol. The van der Waals surface area contributed by atoms with Crippen LogP contribution in [0.1, 0.15) is 38.5 Å². The lowest BCUT2D eigenvalue weighted by atomic mass is 10.0. The molecule has 3 rings (SSSR count). The van der Waals surface area contributed by atoms with Gasteiger partial charge in [0.15, 0.2) is 0 Å². The topological polar surface area (TPSA) is 60.9 Å². The van der Waals surface area contributed by atoms with Gasteiger partial charge in [0, 0.05) is 13.1 Å². The first-order valence-corrected chi connectivity index (χ1v) is 7.43. The summed E-state index contributed by atoms with van der Waals surface area (Å²) in [7, 11) is 0. The number of aliphatic hydroxyl groups is 1. The minimum atomic E-state index is -0.210. The van der Waals surface area contributed by atoms with Gasteiger partial charge in [-0.05, 0) is 38.0 Å². The fraction of sp³-hybridized carbons (Fsp3) is 0.857. The van der Waals surface area contributed by atoms with E-state index in [-0.39, 0.29) is 30.5 Å². The van der Waals surface area contributed by atoms with Gasteiger partial charge in [0.1, 0.15) is 6.04 Å². The fourth-order valence-corrected chi connectivity index (χ4v) is 3.73. The predicted octanol–water partition coefficient (Wildman–Crippen LogP) is 0.371. The normalized spacial score (nSPS) is 35.1. The standard InChI is InChI=1S/C14H22N2O3/c17-12-5-1-3-10(12)6-8-15-9-13(18)16-7-2-4-11(16)14(15)19/h10-12,17H,1-9H2. The Kier molecular flexibility index (Phi) is 3.48. The third kappa shape index (κ3) is 2.36. The highest BCUT2D eigenvalue weighted by atomic mass is 16.3. The van der Waals surface area contributed by atoms with Crippen LogP contribution in [0.3, 0.4) is 0 Å². The Morgan fingerprint density at radius 2 is 2.00 bits per heavy atom. The predicted molar refractivity (Wildman–Crippen MR) is 69.3 cm³/mol. The molecule has 0 radical (unpaired) electrons. The number of nitrogens with zero attached hydrogens (tertiary/aromatic N) is 2. The van der Waals surface area contributed by atoms with Crippen molar-refractivity contribution in [3.63, 3.8) is 0 Å². The van der Waals surface area contributed by atoms with Crippen LogP contribution in [0.5, 0.6) is 0 Å². The molecule has 5 nitrogen and oxygen atoms in total. The van der Waals surface area contributed by atoms with E-state index in [2.05, 4.69) is 0 Å². The number of piperazine rings is 1. The van der Waals surface area contributed by atoms with Crippen molar-refractivity contribution >= 4 is 11.8 Å². The molecule has 3 aliphatic rings. The van der Waals surface area contributed by atoms with Gasteiger partial charge in [0.05, 0.1) is 12.6 Å². The quantitative estimate of drug-likeness (QED) is 0.803. The van der Waals surface area contributed by atoms with Crippen molar-refractivity contribution < 1.29 is 14.7 Å². The second-order valence-electron chi connectivity index (χ2n) is 6.05. The molecule has 106 valence electrons. The summed E-state index contributed by atoms with van der Waals surface area (Å²) in [5, 5.41) is 9.81. The van der Waals surface area contributed by atoms with E-state index in [1.807, 2.05) is 0 Å². The number of carbonyl (C=O) groups is 2. The van der Waals surface area contributed by atoms with Crippen molar-refractivity contribution in [1.82, 2.24) is 9.80 Å². The van der Waals surface area contributed by atoms with Crippen LogP contribution in [-0.4, -0.2) is 58.5 Å². The summed E-state index contributed by atoms with van der Waals surface area (Å²) in [6.45, 7) is 1.60. The number of hydrogen-bond acceptors (Lipinski definition) is 3. The average Bonchev–Trinajstić information content (AvgIpc) is 3.01. The van der Waals surface area contributed by atoms with E-state index in [9.17, 15) is 14.7 Å². The van der Waals surface area contributed by atoms with E-state index in [4.69, 9.17) is 0 Å². The number of rotatable bonds is 3. The summed E-state index contributed by atoms with van der Waals surface area (Å²) in [5.74, 6) is 0.517. The Bertz CT molecular complexity index is 385. The molecule has 0 aromatic rings. The summed E-state index contributed by atoms with van der Waals surface area (Å²) in [5.41, 5.74) is 0. The van der Waals surface area contributed by atoms with Gasteiger partial charge in [-0.1, -0.05) is 6.42 Å². The Morgan fingerprint density at radius 3 is 2.74 bits per heavy atom. The van der Waals surface area contributed by atoms with Crippen LogP contribution >= 0.6 is 0 Å². The van der Waals surface area contributed by atoms with Crippen LogP contribution in [0.25, 0.3) is 0 Å². The molecule has 2 amide bonds. The van der Waals surface area contributed by atoms with Gasteiger partial charge >= 0.3 is 0 Å². The lowest BCUT2D eigenvalue weighted by molar-refractivity contribution is -0.153. The van der Waals surface area contributed by atoms with Crippen molar-refractivity contribution in [3.8, 4) is 0 Å². The van der Waals surface area contributed by atoms with Gasteiger partial charge in [-0.25, -0.2) is 0 Å². The maximum atomic E-state index is 12.3. The molecule has 2 heterocycles. The first-order valence-electron chi connectivity index (χ1n) is 7.43. The van der Waals surface area contributed by atoms with Gasteiger partial charge in [0.2, 0.25) is 11.8 Å². The van der Waals surface area contributed by atoms with Crippen LogP contribution < -0.4 is 0 Å². The molecule has 1 saturated carbocycles. The van der Waals surface area contributed by atoms with E-state index in [1.165, 1.54) is 0 Å². The maximum Gasteiger partial charge on any atom is 0.245 e. The van der Waals surface area contributed by atoms with Crippen LogP contribution in [0, 0.1) is 5.92 Å². The third-order valence-electron chi connectivity index (χ3n) is 4.88. The molecule has 0 spiro atoms. The highest BCUT2D eigenvalue weighted by molar-refractivity contribution is 5.95. The zero-order chi connectivity index (χ0) is 13.4. The second-order valence-corrected chi connectivity index (χ2v) is 6.05. The van der Waals surface area contributed by atoms with Crippen molar-refractivity contribution in [2.45, 2.75) is 50.7 Å². The minimum Gasteiger partial charge on any atom is -0.393 e. The molecular formula is C14H22N2O3. The number of fused-ring (bicyclic) bond motifs is 1. The SMILES string of the molecule is O=C1C2CCCN2C(=O)CN1CCC1CCCC1O. The summed E-state index contributed by atoms with van der Waals surface area (Å²) in [6, 6.07) is -0.199. The maximum absolute atomic E-state index is 12.3. The molecule has 19 heavy (non-hydrogen) atoms. The molecule has 1 N–H and O–H groups in total. The highest BCUT2D eigenvalue weighted by Gasteiger charge is 2.41. The van der Waals surface area contributed by atoms with Gasteiger partial charge in [-0.15, -0.1) is 0 Å². The smallest absolute Gasteiger partial charge is 0.245 e. The Labute approximate surface area is 113 Å². The van der Waals surface area contributed by atoms with E-state index in [0.29, 0.717) is 12.5 Å². The van der Waals surface area contributed by atoms with E-state index in [1.54, 1.807) is 9.80 Å². The van der Waals surface area contributed by atoms with Crippen LogP contribution in [0.4, 0.5) is 0 Å². The van der Waals surface area contributed by atoms with Crippen molar-refractivity contribution in [2.24, 2.45) is 5.92 Å². The van der Waals surface area contributed by atoms with Crippen molar-refractivity contribution in [2.75, 3.05) is 19.6 Å². The zero-order valence-corrected chi connectivity index (χ0v) is 11.3. The van der Waals surface area contributed by atoms with Crippen LogP contribution in [0.15, 0.2) is 0 Å². The van der Waals surface area contributed by atoms with Gasteiger partial charge in [0.25, 0.3) is 0 Å². The number of carbonyl (C=O) groups excluding carboxylic acids is 2. The Hall–Kier alpha value is -1.10. The Balaban J connectivity index is 1.58. The average molecular weight is 266 g/mol. The van der Waals surface area contributed by atoms with E-state index >= 15 is 0 Å². The third-order valence-corrected chi connectivity index (χ3v) is 4.88. The Morgan fingerprint density at radius 1 is 1.16 bits per heavy atom. The molecule has 1 aliphatic carbocycles. The first kappa shape index (κ1) is 12.9. The van der Waals surface area contributed by atoms with Gasteiger partial charge < -0.3 is 14.9 Å². The fourth-order valence-electron chi connectivity index (χ4n) is 3.73. The highest BCUT2D eigenvalue weighted by Crippen LogP contribution is 2.29.